The van der Waals surface area contributed by atoms with Crippen LogP contribution in [0, 0.1) is 0 Å². The van der Waals surface area contributed by atoms with Crippen LogP contribution in [0.3, 0.4) is 0 Å². The minimum absolute atomic E-state index is 0.100. The second-order valence-corrected chi connectivity index (χ2v) is 7.20. The van der Waals surface area contributed by atoms with Crippen molar-refractivity contribution in [3.05, 3.63) is 72.1 Å². The highest BCUT2D eigenvalue weighted by Crippen LogP contribution is 2.24. The highest BCUT2D eigenvalue weighted by atomic mass is 32.2. The minimum atomic E-state index is -0.100. The molecule has 0 radical (unpaired) electrons. The fourth-order valence-electron chi connectivity index (χ4n) is 2.72. The number of carbonyl (C=O) groups is 1. The van der Waals surface area contributed by atoms with Gasteiger partial charge in [-0.15, -0.1) is 10.2 Å². The van der Waals surface area contributed by atoms with E-state index < -0.39 is 0 Å². The van der Waals surface area contributed by atoms with Gasteiger partial charge in [-0.25, -0.2) is 5.48 Å². The molecule has 1 amide bonds. The van der Waals surface area contributed by atoms with Gasteiger partial charge in [-0.05, 0) is 31.0 Å². The molecule has 3 aromatic rings. The molecule has 6 nitrogen and oxygen atoms in total. The Morgan fingerprint density at radius 1 is 1.07 bits per heavy atom. The van der Waals surface area contributed by atoms with Crippen molar-refractivity contribution in [3.8, 4) is 5.69 Å². The quantitative estimate of drug-likeness (QED) is 0.321. The zero-order valence-electron chi connectivity index (χ0n) is 15.9. The van der Waals surface area contributed by atoms with Crippen LogP contribution < -0.4 is 5.48 Å². The molecule has 0 atom stereocenters. The molecule has 1 aromatic heterocycles. The lowest BCUT2D eigenvalue weighted by molar-refractivity contribution is -0.133. The Hall–Kier alpha value is -2.64. The minimum Gasteiger partial charge on any atom is -0.274 e. The van der Waals surface area contributed by atoms with Crippen LogP contribution in [0.15, 0.2) is 65.8 Å². The molecule has 0 fully saturated rings. The molecule has 1 N–H and O–H groups in total. The molecule has 0 aliphatic heterocycles. The predicted molar refractivity (Wildman–Crippen MR) is 110 cm³/mol. The molecular weight excluding hydrogens is 372 g/mol. The zero-order valence-corrected chi connectivity index (χ0v) is 16.7. The molecule has 0 spiro atoms. The number of hydroxylamine groups is 1. The number of nitrogens with one attached hydrogen (secondary N) is 1. The van der Waals surface area contributed by atoms with Gasteiger partial charge in [-0.2, -0.15) is 0 Å². The van der Waals surface area contributed by atoms with E-state index in [9.17, 15) is 4.79 Å². The van der Waals surface area contributed by atoms with E-state index in [4.69, 9.17) is 4.84 Å². The van der Waals surface area contributed by atoms with Gasteiger partial charge >= 0.3 is 0 Å². The fourth-order valence-corrected chi connectivity index (χ4v) is 3.63. The molecule has 28 heavy (non-hydrogen) atoms. The van der Waals surface area contributed by atoms with Crippen LogP contribution in [0.1, 0.15) is 31.2 Å². The third-order valence-corrected chi connectivity index (χ3v) is 5.04. The Balaban J connectivity index is 1.69. The Morgan fingerprint density at radius 3 is 2.50 bits per heavy atom. The van der Waals surface area contributed by atoms with Crippen molar-refractivity contribution in [3.63, 3.8) is 0 Å². The van der Waals surface area contributed by atoms with Gasteiger partial charge in [0.15, 0.2) is 5.16 Å². The summed E-state index contributed by atoms with van der Waals surface area (Å²) in [4.78, 5) is 16.5. The second-order valence-electron chi connectivity index (χ2n) is 6.14. The number of nitrogens with zero attached hydrogens (tertiary/aromatic N) is 3. The van der Waals surface area contributed by atoms with E-state index in [0.717, 1.165) is 28.8 Å². The number of thioether (sulfide) groups is 1. The van der Waals surface area contributed by atoms with Crippen LogP contribution >= 0.6 is 11.8 Å². The van der Waals surface area contributed by atoms with Crippen molar-refractivity contribution in [2.24, 2.45) is 0 Å². The van der Waals surface area contributed by atoms with Crippen LogP contribution in [-0.4, -0.2) is 33.0 Å². The summed E-state index contributed by atoms with van der Waals surface area (Å²) in [6.07, 6.45) is 1.86. The molecular formula is C21H24N4O2S. The van der Waals surface area contributed by atoms with Crippen LogP contribution in [-0.2, 0) is 16.1 Å². The van der Waals surface area contributed by atoms with E-state index >= 15 is 0 Å². The fraction of sp³-hybridized carbons (Fsp3) is 0.286. The predicted octanol–water partition coefficient (Wildman–Crippen LogP) is 3.80. The number of aromatic nitrogens is 3. The maximum atomic E-state index is 11.6. The zero-order chi connectivity index (χ0) is 19.6. The van der Waals surface area contributed by atoms with Gasteiger partial charge in [-0.3, -0.25) is 14.2 Å². The summed E-state index contributed by atoms with van der Waals surface area (Å²) in [6, 6.07) is 20.4. The first-order valence-electron chi connectivity index (χ1n) is 9.35. The van der Waals surface area contributed by atoms with Gasteiger partial charge in [0.05, 0.1) is 6.61 Å². The Kier molecular flexibility index (Phi) is 7.63. The first-order chi connectivity index (χ1) is 13.8. The molecule has 1 heterocycles. The van der Waals surface area contributed by atoms with E-state index in [0.29, 0.717) is 19.4 Å². The summed E-state index contributed by atoms with van der Waals surface area (Å²) in [7, 11) is 0. The van der Waals surface area contributed by atoms with Crippen LogP contribution in [0.5, 0.6) is 0 Å². The summed E-state index contributed by atoms with van der Waals surface area (Å²) < 4.78 is 2.10. The van der Waals surface area contributed by atoms with Crippen LogP contribution in [0.25, 0.3) is 5.69 Å². The average Bonchev–Trinajstić information content (AvgIpc) is 3.13. The Labute approximate surface area is 169 Å². The number of carbonyl (C=O) groups excluding carboxylic acids is 1. The smallest absolute Gasteiger partial charge is 0.243 e. The standard InChI is InChI=1S/C21H24N4O2S/c1-2-27-24-20(26)14-9-15-28-21-23-22-19(16-17-10-5-3-6-11-17)25(21)18-12-7-4-8-13-18/h3-8,10-13H,2,9,14-16H2,1H3,(H,24,26). The third kappa shape index (κ3) is 5.68. The van der Waals surface area contributed by atoms with Crippen LogP contribution in [0.4, 0.5) is 0 Å². The van der Waals surface area contributed by atoms with E-state index in [2.05, 4.69) is 44.5 Å². The summed E-state index contributed by atoms with van der Waals surface area (Å²) in [5.41, 5.74) is 4.65. The highest BCUT2D eigenvalue weighted by Gasteiger charge is 2.15. The van der Waals surface area contributed by atoms with Crippen LogP contribution in [0.2, 0.25) is 0 Å². The Morgan fingerprint density at radius 2 is 1.79 bits per heavy atom. The lowest BCUT2D eigenvalue weighted by Crippen LogP contribution is -2.23. The summed E-state index contributed by atoms with van der Waals surface area (Å²) in [6.45, 7) is 2.30. The van der Waals surface area contributed by atoms with Crippen molar-refractivity contribution in [2.75, 3.05) is 12.4 Å². The van der Waals surface area contributed by atoms with Crippen molar-refractivity contribution < 1.29 is 9.63 Å². The number of hydrogen-bond donors (Lipinski definition) is 1. The Bertz CT molecular complexity index is 869. The largest absolute Gasteiger partial charge is 0.274 e. The first-order valence-corrected chi connectivity index (χ1v) is 10.3. The van der Waals surface area contributed by atoms with Gasteiger partial charge in [0, 0.05) is 24.3 Å². The average molecular weight is 397 g/mol. The first kappa shape index (κ1) is 20.1. The molecule has 0 saturated carbocycles. The monoisotopic (exact) mass is 396 g/mol. The van der Waals surface area contributed by atoms with Crippen molar-refractivity contribution >= 4 is 17.7 Å². The SMILES string of the molecule is CCONC(=O)CCCSc1nnc(Cc2ccccc2)n1-c1ccccc1. The molecule has 0 aliphatic carbocycles. The van der Waals surface area contributed by atoms with Gasteiger partial charge in [0.2, 0.25) is 5.91 Å². The number of rotatable bonds is 10. The molecule has 0 saturated heterocycles. The van der Waals surface area contributed by atoms with Gasteiger partial charge < -0.3 is 0 Å². The number of amides is 1. The van der Waals surface area contributed by atoms with E-state index in [-0.39, 0.29) is 5.91 Å². The lowest BCUT2D eigenvalue weighted by Gasteiger charge is -2.10. The van der Waals surface area contributed by atoms with Gasteiger partial charge in [-0.1, -0.05) is 60.3 Å². The molecule has 2 aromatic carbocycles. The van der Waals surface area contributed by atoms with Gasteiger partial charge in [0.1, 0.15) is 5.82 Å². The summed E-state index contributed by atoms with van der Waals surface area (Å²) in [5.74, 6) is 1.57. The molecule has 7 heteroatoms. The normalized spacial score (nSPS) is 10.8. The maximum absolute atomic E-state index is 11.6. The van der Waals surface area contributed by atoms with Crippen molar-refractivity contribution in [2.45, 2.75) is 31.3 Å². The maximum Gasteiger partial charge on any atom is 0.243 e. The van der Waals surface area contributed by atoms with Gasteiger partial charge in [0.25, 0.3) is 0 Å². The molecule has 0 aliphatic rings. The topological polar surface area (TPSA) is 69.0 Å². The van der Waals surface area contributed by atoms with Crippen molar-refractivity contribution in [1.29, 1.82) is 0 Å². The number of hydrogen-bond acceptors (Lipinski definition) is 5. The molecule has 0 bridgehead atoms. The highest BCUT2D eigenvalue weighted by molar-refractivity contribution is 7.99. The third-order valence-electron chi connectivity index (χ3n) is 4.03. The summed E-state index contributed by atoms with van der Waals surface area (Å²) in [5, 5.41) is 9.68. The lowest BCUT2D eigenvalue weighted by atomic mass is 10.1. The number of para-hydroxylation sites is 1. The second kappa shape index (κ2) is 10.6. The molecule has 146 valence electrons. The van der Waals surface area contributed by atoms with E-state index in [1.54, 1.807) is 11.8 Å². The van der Waals surface area contributed by atoms with Crippen molar-refractivity contribution in [1.82, 2.24) is 20.2 Å². The van der Waals surface area contributed by atoms with E-state index in [1.165, 1.54) is 5.56 Å². The number of benzene rings is 2. The summed E-state index contributed by atoms with van der Waals surface area (Å²) >= 11 is 1.61. The van der Waals surface area contributed by atoms with E-state index in [1.807, 2.05) is 43.3 Å². The molecule has 3 rings (SSSR count). The molecule has 0 unspecified atom stereocenters.